The maximum atomic E-state index is 12.2. The average molecular weight is 311 g/mol. The molecule has 2 atom stereocenters. The van der Waals surface area contributed by atoms with Crippen LogP contribution in [0.15, 0.2) is 54.6 Å². The van der Waals surface area contributed by atoms with Crippen molar-refractivity contribution in [1.82, 2.24) is 5.32 Å². The summed E-state index contributed by atoms with van der Waals surface area (Å²) in [5.41, 5.74) is 2.31. The highest BCUT2D eigenvalue weighted by Crippen LogP contribution is 2.47. The van der Waals surface area contributed by atoms with Crippen molar-refractivity contribution in [3.8, 4) is 5.75 Å². The zero-order valence-electron chi connectivity index (χ0n) is 13.2. The minimum Gasteiger partial charge on any atom is -0.468 e. The molecule has 0 heterocycles. The Bertz CT molecular complexity index is 639. The van der Waals surface area contributed by atoms with E-state index >= 15 is 0 Å². The van der Waals surface area contributed by atoms with E-state index < -0.39 is 0 Å². The number of hydrogen-bond acceptors (Lipinski definition) is 3. The molecule has 0 bridgehead atoms. The highest BCUT2D eigenvalue weighted by molar-refractivity contribution is 5.82. The number of nitrogens with one attached hydrogen (secondary N) is 1. The number of rotatable bonds is 7. The predicted octanol–water partition coefficient (Wildman–Crippen LogP) is 3.09. The maximum Gasteiger partial charge on any atom is 0.224 e. The molecular weight excluding hydrogens is 290 g/mol. The molecule has 0 radical (unpaired) electrons. The van der Waals surface area contributed by atoms with Crippen molar-refractivity contribution in [2.24, 2.45) is 5.92 Å². The molecule has 1 amide bonds. The molecular formula is C19H21NO3. The zero-order chi connectivity index (χ0) is 16.1. The van der Waals surface area contributed by atoms with Gasteiger partial charge in [0.25, 0.3) is 0 Å². The van der Waals surface area contributed by atoms with Crippen molar-refractivity contribution in [2.45, 2.75) is 18.9 Å². The van der Waals surface area contributed by atoms with Crippen LogP contribution >= 0.6 is 0 Å². The van der Waals surface area contributed by atoms with Crippen molar-refractivity contribution in [1.29, 1.82) is 0 Å². The lowest BCUT2D eigenvalue weighted by atomic mass is 10.1. The van der Waals surface area contributed by atoms with Gasteiger partial charge in [-0.25, -0.2) is 0 Å². The standard InChI is InChI=1S/C19H21NO3/c1-22-13-23-16-9-7-15(8-10-16)17-11-18(17)19(21)20-12-14-5-3-2-4-6-14/h2-10,17-18H,11-13H2,1H3,(H,20,21). The minimum absolute atomic E-state index is 0.0875. The van der Waals surface area contributed by atoms with Crippen LogP contribution in [-0.4, -0.2) is 19.8 Å². The molecule has 1 saturated carbocycles. The van der Waals surface area contributed by atoms with Crippen LogP contribution in [0.25, 0.3) is 0 Å². The van der Waals surface area contributed by atoms with E-state index in [1.54, 1.807) is 7.11 Å². The predicted molar refractivity (Wildman–Crippen MR) is 88.1 cm³/mol. The van der Waals surface area contributed by atoms with Gasteiger partial charge in [0.15, 0.2) is 6.79 Å². The third-order valence-electron chi connectivity index (χ3n) is 4.09. The fourth-order valence-electron chi connectivity index (χ4n) is 2.71. The van der Waals surface area contributed by atoms with Crippen LogP contribution in [0.3, 0.4) is 0 Å². The van der Waals surface area contributed by atoms with Gasteiger partial charge < -0.3 is 14.8 Å². The van der Waals surface area contributed by atoms with E-state index in [9.17, 15) is 4.79 Å². The lowest BCUT2D eigenvalue weighted by Crippen LogP contribution is -2.24. The quantitative estimate of drug-likeness (QED) is 0.799. The number of methoxy groups -OCH3 is 1. The largest absolute Gasteiger partial charge is 0.468 e. The van der Waals surface area contributed by atoms with Gasteiger partial charge in [0, 0.05) is 19.6 Å². The minimum atomic E-state index is 0.0875. The normalized spacial score (nSPS) is 19.2. The van der Waals surface area contributed by atoms with E-state index in [1.807, 2.05) is 54.6 Å². The Hall–Kier alpha value is -2.33. The van der Waals surface area contributed by atoms with E-state index in [4.69, 9.17) is 9.47 Å². The fourth-order valence-corrected chi connectivity index (χ4v) is 2.71. The highest BCUT2D eigenvalue weighted by Gasteiger charge is 2.43. The van der Waals surface area contributed by atoms with Gasteiger partial charge in [0.2, 0.25) is 5.91 Å². The van der Waals surface area contributed by atoms with Gasteiger partial charge in [-0.3, -0.25) is 4.79 Å². The maximum absolute atomic E-state index is 12.2. The molecule has 2 aromatic carbocycles. The third-order valence-corrected chi connectivity index (χ3v) is 4.09. The summed E-state index contributed by atoms with van der Waals surface area (Å²) in [6.07, 6.45) is 0.916. The monoisotopic (exact) mass is 311 g/mol. The highest BCUT2D eigenvalue weighted by atomic mass is 16.7. The Morgan fingerprint density at radius 1 is 1.13 bits per heavy atom. The number of carbonyl (C=O) groups is 1. The molecule has 2 aromatic rings. The lowest BCUT2D eigenvalue weighted by Gasteiger charge is -2.07. The number of ether oxygens (including phenoxy) is 2. The molecule has 0 spiro atoms. The Balaban J connectivity index is 1.49. The van der Waals surface area contributed by atoms with Crippen molar-refractivity contribution in [3.05, 3.63) is 65.7 Å². The topological polar surface area (TPSA) is 47.6 Å². The van der Waals surface area contributed by atoms with E-state index in [2.05, 4.69) is 5.32 Å². The van der Waals surface area contributed by atoms with Crippen LogP contribution in [0.1, 0.15) is 23.5 Å². The Labute approximate surface area is 136 Å². The molecule has 2 unspecified atom stereocenters. The summed E-state index contributed by atoms with van der Waals surface area (Å²) in [6, 6.07) is 17.9. The summed E-state index contributed by atoms with van der Waals surface area (Å²) in [5, 5.41) is 3.02. The van der Waals surface area contributed by atoms with Crippen LogP contribution in [0, 0.1) is 5.92 Å². The summed E-state index contributed by atoms with van der Waals surface area (Å²) >= 11 is 0. The Morgan fingerprint density at radius 2 is 1.87 bits per heavy atom. The van der Waals surface area contributed by atoms with E-state index in [-0.39, 0.29) is 18.6 Å². The first kappa shape index (κ1) is 15.6. The molecule has 4 nitrogen and oxygen atoms in total. The summed E-state index contributed by atoms with van der Waals surface area (Å²) in [4.78, 5) is 12.2. The smallest absolute Gasteiger partial charge is 0.224 e. The second kappa shape index (κ2) is 7.29. The van der Waals surface area contributed by atoms with Gasteiger partial charge in [0.1, 0.15) is 5.75 Å². The molecule has 0 aromatic heterocycles. The van der Waals surface area contributed by atoms with Crippen LogP contribution < -0.4 is 10.1 Å². The molecule has 3 rings (SSSR count). The summed E-state index contributed by atoms with van der Waals surface area (Å²) in [6.45, 7) is 0.833. The first-order valence-electron chi connectivity index (χ1n) is 7.81. The molecule has 120 valence electrons. The average Bonchev–Trinajstić information content (AvgIpc) is 3.40. The van der Waals surface area contributed by atoms with Gasteiger partial charge in [0.05, 0.1) is 0 Å². The molecule has 4 heteroatoms. The van der Waals surface area contributed by atoms with Gasteiger partial charge in [-0.15, -0.1) is 0 Å². The molecule has 0 saturated heterocycles. The second-order valence-corrected chi connectivity index (χ2v) is 5.77. The SMILES string of the molecule is COCOc1ccc(C2CC2C(=O)NCc2ccccc2)cc1. The second-order valence-electron chi connectivity index (χ2n) is 5.77. The fraction of sp³-hybridized carbons (Fsp3) is 0.316. The lowest BCUT2D eigenvalue weighted by molar-refractivity contribution is -0.122. The van der Waals surface area contributed by atoms with Crippen molar-refractivity contribution in [3.63, 3.8) is 0 Å². The van der Waals surface area contributed by atoms with Crippen molar-refractivity contribution in [2.75, 3.05) is 13.9 Å². The van der Waals surface area contributed by atoms with Crippen LogP contribution in [0.4, 0.5) is 0 Å². The number of carbonyl (C=O) groups excluding carboxylic acids is 1. The van der Waals surface area contributed by atoms with Gasteiger partial charge in [-0.2, -0.15) is 0 Å². The van der Waals surface area contributed by atoms with Gasteiger partial charge >= 0.3 is 0 Å². The van der Waals surface area contributed by atoms with E-state index in [1.165, 1.54) is 5.56 Å². The molecule has 1 fully saturated rings. The first-order chi connectivity index (χ1) is 11.3. The number of amides is 1. The number of hydrogen-bond donors (Lipinski definition) is 1. The van der Waals surface area contributed by atoms with Gasteiger partial charge in [-0.05, 0) is 35.6 Å². The first-order valence-corrected chi connectivity index (χ1v) is 7.81. The van der Waals surface area contributed by atoms with E-state index in [0.29, 0.717) is 12.5 Å². The summed E-state index contributed by atoms with van der Waals surface area (Å²) in [7, 11) is 1.59. The summed E-state index contributed by atoms with van der Waals surface area (Å²) in [5.74, 6) is 1.33. The van der Waals surface area contributed by atoms with E-state index in [0.717, 1.165) is 17.7 Å². The Kier molecular flexibility index (Phi) is 4.93. The molecule has 1 aliphatic carbocycles. The van der Waals surface area contributed by atoms with Gasteiger partial charge in [-0.1, -0.05) is 42.5 Å². The van der Waals surface area contributed by atoms with Crippen LogP contribution in [0.5, 0.6) is 5.75 Å². The molecule has 1 aliphatic rings. The number of benzene rings is 2. The van der Waals surface area contributed by atoms with Crippen molar-refractivity contribution >= 4 is 5.91 Å². The summed E-state index contributed by atoms with van der Waals surface area (Å²) < 4.78 is 10.2. The molecule has 23 heavy (non-hydrogen) atoms. The van der Waals surface area contributed by atoms with Crippen molar-refractivity contribution < 1.29 is 14.3 Å². The van der Waals surface area contributed by atoms with Crippen LogP contribution in [0.2, 0.25) is 0 Å². The Morgan fingerprint density at radius 3 is 2.57 bits per heavy atom. The zero-order valence-corrected chi connectivity index (χ0v) is 13.2. The molecule has 1 N–H and O–H groups in total. The third kappa shape index (κ3) is 4.11. The molecule has 0 aliphatic heterocycles. The van der Waals surface area contributed by atoms with Crippen LogP contribution in [-0.2, 0) is 16.1 Å².